The first-order valence-corrected chi connectivity index (χ1v) is 10.7. The summed E-state index contributed by atoms with van der Waals surface area (Å²) in [7, 11) is 1.41. The molecule has 7 nitrogen and oxygen atoms in total. The Labute approximate surface area is 189 Å². The number of rotatable bonds is 4. The molecule has 164 valence electrons. The molecule has 1 aliphatic rings. The number of anilines is 1. The summed E-state index contributed by atoms with van der Waals surface area (Å²) in [4.78, 5) is 33.0. The molecule has 2 N–H and O–H groups in total. The second-order valence-electron chi connectivity index (χ2n) is 7.60. The Morgan fingerprint density at radius 2 is 1.78 bits per heavy atom. The van der Waals surface area contributed by atoms with E-state index in [4.69, 9.17) is 4.74 Å². The molecule has 2 heterocycles. The van der Waals surface area contributed by atoms with Crippen molar-refractivity contribution < 1.29 is 24.5 Å². The van der Waals surface area contributed by atoms with Crippen molar-refractivity contribution in [3.63, 3.8) is 0 Å². The van der Waals surface area contributed by atoms with Gasteiger partial charge in [0, 0.05) is 10.4 Å². The van der Waals surface area contributed by atoms with Crippen molar-refractivity contribution in [2.24, 2.45) is 0 Å². The number of ketones is 1. The van der Waals surface area contributed by atoms with Crippen molar-refractivity contribution in [3.05, 3.63) is 75.3 Å². The van der Waals surface area contributed by atoms with Crippen LogP contribution in [0.5, 0.6) is 11.5 Å². The van der Waals surface area contributed by atoms with Crippen molar-refractivity contribution in [2.75, 3.05) is 12.0 Å². The van der Waals surface area contributed by atoms with Crippen LogP contribution in [0.25, 0.3) is 5.76 Å². The summed E-state index contributed by atoms with van der Waals surface area (Å²) in [6.07, 6.45) is 0. The Balaban J connectivity index is 1.97. The number of phenolic OH excluding ortho intramolecular Hbond substituents is 1. The lowest BCUT2D eigenvalue weighted by Gasteiger charge is -2.23. The number of ether oxygens (including phenoxy) is 1. The van der Waals surface area contributed by atoms with Gasteiger partial charge in [-0.3, -0.25) is 14.5 Å². The number of methoxy groups -OCH3 is 1. The van der Waals surface area contributed by atoms with Crippen LogP contribution < -0.4 is 9.64 Å². The predicted molar refractivity (Wildman–Crippen MR) is 122 cm³/mol. The Bertz CT molecular complexity index is 1240. The third-order valence-corrected chi connectivity index (χ3v) is 6.58. The van der Waals surface area contributed by atoms with Crippen LogP contribution in [0, 0.1) is 20.8 Å². The van der Waals surface area contributed by atoms with E-state index in [1.165, 1.54) is 29.4 Å². The number of aromatic hydroxyl groups is 1. The van der Waals surface area contributed by atoms with Gasteiger partial charge >= 0.3 is 5.91 Å². The lowest BCUT2D eigenvalue weighted by Crippen LogP contribution is -2.29. The predicted octanol–water partition coefficient (Wildman–Crippen LogP) is 4.41. The number of hydrogen-bond acceptors (Lipinski definition) is 7. The van der Waals surface area contributed by atoms with Crippen molar-refractivity contribution in [1.29, 1.82) is 0 Å². The SMILES string of the molecule is COc1cc(C2C(=C(O)c3ccc(C)cc3)C(=O)C(=O)N2c2nc(C)c(C)s2)ccc1O. The van der Waals surface area contributed by atoms with Crippen molar-refractivity contribution in [3.8, 4) is 11.5 Å². The van der Waals surface area contributed by atoms with Crippen LogP contribution in [0.2, 0.25) is 0 Å². The molecular weight excluding hydrogens is 428 g/mol. The Morgan fingerprint density at radius 3 is 2.38 bits per heavy atom. The van der Waals surface area contributed by atoms with Crippen LogP contribution in [-0.4, -0.2) is 34.0 Å². The first kappa shape index (κ1) is 21.6. The number of amides is 1. The van der Waals surface area contributed by atoms with Crippen LogP contribution >= 0.6 is 11.3 Å². The lowest BCUT2D eigenvalue weighted by atomic mass is 9.95. The van der Waals surface area contributed by atoms with Gasteiger partial charge in [0.25, 0.3) is 5.78 Å². The molecule has 1 atom stereocenters. The number of Topliss-reactive ketones (excluding diaryl/α,β-unsaturated/α-hetero) is 1. The molecule has 4 rings (SSSR count). The number of aryl methyl sites for hydroxylation is 3. The number of benzene rings is 2. The third kappa shape index (κ3) is 3.52. The summed E-state index contributed by atoms with van der Waals surface area (Å²) < 4.78 is 5.23. The van der Waals surface area contributed by atoms with Crippen LogP contribution in [0.4, 0.5) is 5.13 Å². The molecular formula is C24H22N2O5S. The molecule has 1 saturated heterocycles. The van der Waals surface area contributed by atoms with E-state index in [-0.39, 0.29) is 22.8 Å². The maximum atomic E-state index is 13.2. The van der Waals surface area contributed by atoms with Gasteiger partial charge < -0.3 is 14.9 Å². The number of phenols is 1. The van der Waals surface area contributed by atoms with E-state index in [2.05, 4.69) is 4.98 Å². The maximum Gasteiger partial charge on any atom is 0.301 e. The fourth-order valence-corrected chi connectivity index (χ4v) is 4.57. The number of aromatic nitrogens is 1. The largest absolute Gasteiger partial charge is 0.507 e. The minimum absolute atomic E-state index is 0.0443. The average Bonchev–Trinajstić information content (AvgIpc) is 3.24. The summed E-state index contributed by atoms with van der Waals surface area (Å²) in [5.41, 5.74) is 2.63. The molecule has 0 aliphatic carbocycles. The number of carbonyl (C=O) groups is 2. The molecule has 0 saturated carbocycles. The zero-order chi connectivity index (χ0) is 23.2. The van der Waals surface area contributed by atoms with Crippen LogP contribution in [-0.2, 0) is 9.59 Å². The van der Waals surface area contributed by atoms with Crippen LogP contribution in [0.1, 0.15) is 33.3 Å². The quantitative estimate of drug-likeness (QED) is 0.347. The smallest absolute Gasteiger partial charge is 0.301 e. The van der Waals surface area contributed by atoms with Gasteiger partial charge in [-0.2, -0.15) is 0 Å². The summed E-state index contributed by atoms with van der Waals surface area (Å²) in [5, 5.41) is 21.5. The number of thiazole rings is 1. The molecule has 0 radical (unpaired) electrons. The Morgan fingerprint density at radius 1 is 1.09 bits per heavy atom. The van der Waals surface area contributed by atoms with Crippen molar-refractivity contribution in [2.45, 2.75) is 26.8 Å². The van der Waals surface area contributed by atoms with E-state index in [1.54, 1.807) is 24.3 Å². The normalized spacial score (nSPS) is 17.8. The number of hydrogen-bond donors (Lipinski definition) is 2. The molecule has 8 heteroatoms. The number of aliphatic hydroxyl groups is 1. The standard InChI is InChI=1S/C24H22N2O5S/c1-12-5-7-15(8-6-12)21(28)19-20(16-9-10-17(27)18(11-16)31-4)26(23(30)22(19)29)24-25-13(2)14(3)32-24/h5-11,20,27-28H,1-4H3. The molecule has 1 aromatic heterocycles. The van der Waals surface area contributed by atoms with E-state index >= 15 is 0 Å². The zero-order valence-corrected chi connectivity index (χ0v) is 18.9. The Kier molecular flexibility index (Phi) is 5.48. The molecule has 1 amide bonds. The number of aliphatic hydroxyl groups excluding tert-OH is 1. The lowest BCUT2D eigenvalue weighted by molar-refractivity contribution is -0.132. The average molecular weight is 451 g/mol. The van der Waals surface area contributed by atoms with E-state index in [1.807, 2.05) is 32.9 Å². The first-order chi connectivity index (χ1) is 15.2. The van der Waals surface area contributed by atoms with Gasteiger partial charge in [-0.1, -0.05) is 35.9 Å². The molecule has 1 aliphatic heterocycles. The summed E-state index contributed by atoms with van der Waals surface area (Å²) in [6.45, 7) is 5.63. The monoisotopic (exact) mass is 450 g/mol. The van der Waals surface area contributed by atoms with Crippen LogP contribution in [0.15, 0.2) is 48.0 Å². The maximum absolute atomic E-state index is 13.2. The molecule has 1 unspecified atom stereocenters. The van der Waals surface area contributed by atoms with E-state index in [0.29, 0.717) is 16.3 Å². The highest BCUT2D eigenvalue weighted by atomic mass is 32.1. The third-order valence-electron chi connectivity index (χ3n) is 5.51. The van der Waals surface area contributed by atoms with E-state index < -0.39 is 17.7 Å². The molecule has 0 bridgehead atoms. The minimum Gasteiger partial charge on any atom is -0.507 e. The number of carbonyl (C=O) groups excluding carboxylic acids is 2. The molecule has 2 aromatic carbocycles. The van der Waals surface area contributed by atoms with Gasteiger partial charge in [0.2, 0.25) is 0 Å². The summed E-state index contributed by atoms with van der Waals surface area (Å²) in [5.74, 6) is -1.73. The van der Waals surface area contributed by atoms with E-state index in [9.17, 15) is 19.8 Å². The molecule has 32 heavy (non-hydrogen) atoms. The first-order valence-electron chi connectivity index (χ1n) is 9.92. The molecule has 1 fully saturated rings. The number of nitrogens with zero attached hydrogens (tertiary/aromatic N) is 2. The highest BCUT2D eigenvalue weighted by Gasteiger charge is 2.48. The van der Waals surface area contributed by atoms with Gasteiger partial charge in [-0.25, -0.2) is 4.98 Å². The van der Waals surface area contributed by atoms with Crippen molar-refractivity contribution >= 4 is 33.9 Å². The van der Waals surface area contributed by atoms with Gasteiger partial charge in [0.05, 0.1) is 24.4 Å². The zero-order valence-electron chi connectivity index (χ0n) is 18.0. The van der Waals surface area contributed by atoms with Gasteiger partial charge in [-0.05, 0) is 38.5 Å². The van der Waals surface area contributed by atoms with Gasteiger partial charge in [-0.15, -0.1) is 11.3 Å². The fourth-order valence-electron chi connectivity index (χ4n) is 3.64. The van der Waals surface area contributed by atoms with Crippen LogP contribution in [0.3, 0.4) is 0 Å². The minimum atomic E-state index is -0.934. The van der Waals surface area contributed by atoms with Crippen molar-refractivity contribution in [1.82, 2.24) is 4.98 Å². The topological polar surface area (TPSA) is 100.0 Å². The van der Waals surface area contributed by atoms with Gasteiger partial charge in [0.15, 0.2) is 16.6 Å². The Hall–Kier alpha value is -3.65. The van der Waals surface area contributed by atoms with Gasteiger partial charge in [0.1, 0.15) is 5.76 Å². The highest BCUT2D eigenvalue weighted by Crippen LogP contribution is 2.45. The highest BCUT2D eigenvalue weighted by molar-refractivity contribution is 7.16. The molecule has 3 aromatic rings. The second kappa shape index (κ2) is 8.12. The molecule has 0 spiro atoms. The summed E-state index contributed by atoms with van der Waals surface area (Å²) in [6, 6.07) is 10.7. The second-order valence-corrected chi connectivity index (χ2v) is 8.79. The van der Waals surface area contributed by atoms with E-state index in [0.717, 1.165) is 16.1 Å². The fraction of sp³-hybridized carbons (Fsp3) is 0.208. The summed E-state index contributed by atoms with van der Waals surface area (Å²) >= 11 is 1.30.